The highest BCUT2D eigenvalue weighted by atomic mass is 32.1. The molecule has 1 heterocycles. The van der Waals surface area contributed by atoms with Gasteiger partial charge in [-0.3, -0.25) is 0 Å². The Morgan fingerprint density at radius 2 is 2.08 bits per heavy atom. The average molecular weight is 208 g/mol. The smallest absolute Gasteiger partial charge is 0.277 e. The van der Waals surface area contributed by atoms with Crippen molar-refractivity contribution < 1.29 is 4.43 Å². The predicted octanol–water partition coefficient (Wildman–Crippen LogP) is 2.93. The summed E-state index contributed by atoms with van der Waals surface area (Å²) in [5, 5.41) is 0.806. The van der Waals surface area contributed by atoms with Crippen molar-refractivity contribution in [3.8, 4) is 5.19 Å². The van der Waals surface area contributed by atoms with E-state index in [1.807, 2.05) is 18.2 Å². The molecule has 0 amide bonds. The van der Waals surface area contributed by atoms with E-state index in [4.69, 9.17) is 4.43 Å². The Balaban J connectivity index is 2.38. The summed E-state index contributed by atoms with van der Waals surface area (Å²) in [5.74, 6) is 0. The Hall–Kier alpha value is -0.873. The molecular formula is C9H10NOSSi. The molecule has 1 aromatic heterocycles. The van der Waals surface area contributed by atoms with E-state index in [9.17, 15) is 0 Å². The Bertz CT molecular complexity index is 380. The predicted molar refractivity (Wildman–Crippen MR) is 57.7 cm³/mol. The molecule has 0 N–H and O–H groups in total. The molecular weight excluding hydrogens is 198 g/mol. The van der Waals surface area contributed by atoms with E-state index >= 15 is 0 Å². The number of fused-ring (bicyclic) bond motifs is 1. The molecule has 1 aromatic carbocycles. The lowest BCUT2D eigenvalue weighted by Gasteiger charge is -2.01. The number of hydrogen-bond donors (Lipinski definition) is 0. The van der Waals surface area contributed by atoms with Gasteiger partial charge in [0, 0.05) is 0 Å². The standard InChI is InChI=1S/C9H10NOSSi/c1-13(2)11-9-10-7-5-3-4-6-8(7)12-9/h3-6H,1-2H3. The van der Waals surface area contributed by atoms with Gasteiger partial charge in [0.15, 0.2) is 0 Å². The maximum absolute atomic E-state index is 5.61. The summed E-state index contributed by atoms with van der Waals surface area (Å²) in [6.45, 7) is 4.22. The zero-order chi connectivity index (χ0) is 9.26. The molecule has 0 saturated carbocycles. The van der Waals surface area contributed by atoms with E-state index in [-0.39, 0.29) is 0 Å². The molecule has 0 unspecified atom stereocenters. The van der Waals surface area contributed by atoms with Gasteiger partial charge in [0.25, 0.3) is 14.2 Å². The Kier molecular flexibility index (Phi) is 2.33. The third kappa shape index (κ3) is 1.89. The molecule has 0 atom stereocenters. The molecule has 2 rings (SSSR count). The lowest BCUT2D eigenvalue weighted by molar-refractivity contribution is 0.577. The highest BCUT2D eigenvalue weighted by Crippen LogP contribution is 2.27. The van der Waals surface area contributed by atoms with Crippen LogP contribution < -0.4 is 4.43 Å². The molecule has 0 fully saturated rings. The molecule has 2 aromatic rings. The van der Waals surface area contributed by atoms with Crippen molar-refractivity contribution in [2.75, 3.05) is 0 Å². The summed E-state index contributed by atoms with van der Waals surface area (Å²) >= 11 is 1.62. The van der Waals surface area contributed by atoms with Crippen molar-refractivity contribution in [3.05, 3.63) is 24.3 Å². The van der Waals surface area contributed by atoms with E-state index in [2.05, 4.69) is 24.1 Å². The van der Waals surface area contributed by atoms with Gasteiger partial charge >= 0.3 is 0 Å². The van der Waals surface area contributed by atoms with Crippen molar-refractivity contribution in [2.45, 2.75) is 13.1 Å². The first-order valence-electron chi connectivity index (χ1n) is 4.09. The first-order valence-corrected chi connectivity index (χ1v) is 7.32. The van der Waals surface area contributed by atoms with Crippen LogP contribution in [-0.4, -0.2) is 14.0 Å². The molecule has 0 spiro atoms. The maximum Gasteiger partial charge on any atom is 0.277 e. The third-order valence-electron chi connectivity index (χ3n) is 1.57. The minimum atomic E-state index is -0.686. The number of nitrogens with zero attached hydrogens (tertiary/aromatic N) is 1. The summed E-state index contributed by atoms with van der Waals surface area (Å²) < 4.78 is 6.80. The highest BCUT2D eigenvalue weighted by Gasteiger charge is 2.06. The second-order valence-corrected chi connectivity index (χ2v) is 5.97. The minimum Gasteiger partial charge on any atom is -0.522 e. The molecule has 0 aliphatic rings. The van der Waals surface area contributed by atoms with Gasteiger partial charge < -0.3 is 4.43 Å². The van der Waals surface area contributed by atoms with Gasteiger partial charge in [-0.25, -0.2) is 4.98 Å². The van der Waals surface area contributed by atoms with Crippen molar-refractivity contribution in [1.82, 2.24) is 4.98 Å². The Labute approximate surface area is 82.9 Å². The third-order valence-corrected chi connectivity index (χ3v) is 3.23. The van der Waals surface area contributed by atoms with Crippen molar-refractivity contribution in [1.29, 1.82) is 0 Å². The van der Waals surface area contributed by atoms with Crippen LogP contribution >= 0.6 is 11.3 Å². The van der Waals surface area contributed by atoms with Gasteiger partial charge in [-0.2, -0.15) is 0 Å². The lowest BCUT2D eigenvalue weighted by Crippen LogP contribution is -2.10. The molecule has 1 radical (unpaired) electrons. The van der Waals surface area contributed by atoms with Gasteiger partial charge in [0.2, 0.25) is 0 Å². The Morgan fingerprint density at radius 3 is 2.77 bits per heavy atom. The van der Waals surface area contributed by atoms with Crippen LogP contribution in [0.3, 0.4) is 0 Å². The monoisotopic (exact) mass is 208 g/mol. The summed E-state index contributed by atoms with van der Waals surface area (Å²) in [6.07, 6.45) is 0. The second-order valence-electron chi connectivity index (χ2n) is 2.96. The number of aromatic nitrogens is 1. The average Bonchev–Trinajstić information content (AvgIpc) is 2.44. The van der Waals surface area contributed by atoms with Crippen LogP contribution in [0.1, 0.15) is 0 Å². The van der Waals surface area contributed by atoms with E-state index < -0.39 is 9.04 Å². The first-order chi connectivity index (χ1) is 6.25. The molecule has 67 valence electrons. The fourth-order valence-corrected chi connectivity index (χ4v) is 2.83. The number of para-hydroxylation sites is 1. The number of hydrogen-bond acceptors (Lipinski definition) is 3. The van der Waals surface area contributed by atoms with Gasteiger partial charge in [-0.05, 0) is 25.2 Å². The molecule has 13 heavy (non-hydrogen) atoms. The molecule has 0 bridgehead atoms. The number of rotatable bonds is 2. The molecule has 0 aliphatic heterocycles. The van der Waals surface area contributed by atoms with Crippen LogP contribution in [0.15, 0.2) is 24.3 Å². The minimum absolute atomic E-state index is 0.686. The number of thiazole rings is 1. The molecule has 0 saturated heterocycles. The van der Waals surface area contributed by atoms with Crippen LogP contribution in [0.25, 0.3) is 10.2 Å². The highest BCUT2D eigenvalue weighted by molar-refractivity contribution is 7.20. The number of benzene rings is 1. The van der Waals surface area contributed by atoms with Crippen LogP contribution in [-0.2, 0) is 0 Å². The fraction of sp³-hybridized carbons (Fsp3) is 0.222. The van der Waals surface area contributed by atoms with Gasteiger partial charge in [0.1, 0.15) is 0 Å². The molecule has 0 aliphatic carbocycles. The van der Waals surface area contributed by atoms with E-state index in [1.165, 1.54) is 4.70 Å². The van der Waals surface area contributed by atoms with Crippen molar-refractivity contribution >= 4 is 30.6 Å². The van der Waals surface area contributed by atoms with E-state index in [1.54, 1.807) is 11.3 Å². The second kappa shape index (κ2) is 3.47. The largest absolute Gasteiger partial charge is 0.522 e. The quantitative estimate of drug-likeness (QED) is 0.708. The van der Waals surface area contributed by atoms with Crippen molar-refractivity contribution in [2.24, 2.45) is 0 Å². The summed E-state index contributed by atoms with van der Waals surface area (Å²) in [5.41, 5.74) is 1.03. The maximum atomic E-state index is 5.61. The van der Waals surface area contributed by atoms with Crippen molar-refractivity contribution in [3.63, 3.8) is 0 Å². The van der Waals surface area contributed by atoms with Crippen LogP contribution in [0.5, 0.6) is 5.19 Å². The molecule has 4 heteroatoms. The summed E-state index contributed by atoms with van der Waals surface area (Å²) in [6, 6.07) is 8.09. The SMILES string of the molecule is C[Si](C)Oc1nc2ccccc2s1. The summed E-state index contributed by atoms with van der Waals surface area (Å²) in [4.78, 5) is 4.37. The Morgan fingerprint density at radius 1 is 1.31 bits per heavy atom. The van der Waals surface area contributed by atoms with Crippen LogP contribution in [0, 0.1) is 0 Å². The lowest BCUT2D eigenvalue weighted by atomic mass is 10.3. The fourth-order valence-electron chi connectivity index (χ4n) is 1.07. The van der Waals surface area contributed by atoms with E-state index in [0.717, 1.165) is 10.7 Å². The topological polar surface area (TPSA) is 22.1 Å². The molecule has 2 nitrogen and oxygen atoms in total. The van der Waals surface area contributed by atoms with Crippen LogP contribution in [0.2, 0.25) is 13.1 Å². The normalized spacial score (nSPS) is 11.0. The summed E-state index contributed by atoms with van der Waals surface area (Å²) in [7, 11) is -0.686. The van der Waals surface area contributed by atoms with E-state index in [0.29, 0.717) is 0 Å². The van der Waals surface area contributed by atoms with Gasteiger partial charge in [-0.15, -0.1) is 0 Å². The first kappa shape index (κ1) is 8.71. The zero-order valence-electron chi connectivity index (χ0n) is 7.57. The van der Waals surface area contributed by atoms with Crippen LogP contribution in [0.4, 0.5) is 0 Å². The van der Waals surface area contributed by atoms with Gasteiger partial charge in [0.05, 0.1) is 10.2 Å². The zero-order valence-corrected chi connectivity index (χ0v) is 9.39. The van der Waals surface area contributed by atoms with Gasteiger partial charge in [-0.1, -0.05) is 23.5 Å².